The van der Waals surface area contributed by atoms with E-state index in [-0.39, 0.29) is 0 Å². The van der Waals surface area contributed by atoms with Crippen LogP contribution in [-0.4, -0.2) is 19.1 Å². The minimum absolute atomic E-state index is 0.488. The van der Waals surface area contributed by atoms with Crippen molar-refractivity contribution in [3.8, 4) is 0 Å². The van der Waals surface area contributed by atoms with Gasteiger partial charge in [0.2, 0.25) is 0 Å². The van der Waals surface area contributed by atoms with E-state index in [9.17, 15) is 0 Å². The minimum atomic E-state index is 0.488. The Morgan fingerprint density at radius 2 is 2.10 bits per heavy atom. The third kappa shape index (κ3) is 4.09. The SMILES string of the molecule is CCN(c1cccc(C)c1)C(C)CNCc1cccs1. The molecule has 2 aromatic rings. The van der Waals surface area contributed by atoms with Crippen molar-refractivity contribution in [2.45, 2.75) is 33.4 Å². The van der Waals surface area contributed by atoms with Gasteiger partial charge in [-0.2, -0.15) is 0 Å². The van der Waals surface area contributed by atoms with E-state index in [0.29, 0.717) is 6.04 Å². The van der Waals surface area contributed by atoms with Crippen LogP contribution in [0.15, 0.2) is 41.8 Å². The molecule has 0 fully saturated rings. The summed E-state index contributed by atoms with van der Waals surface area (Å²) in [6.07, 6.45) is 0. The molecule has 3 heteroatoms. The van der Waals surface area contributed by atoms with Gasteiger partial charge in [-0.15, -0.1) is 11.3 Å². The molecule has 0 aliphatic heterocycles. The molecular weight excluding hydrogens is 264 g/mol. The summed E-state index contributed by atoms with van der Waals surface area (Å²) in [5.41, 5.74) is 2.64. The Morgan fingerprint density at radius 1 is 1.25 bits per heavy atom. The van der Waals surface area contributed by atoms with Crippen LogP contribution in [0.1, 0.15) is 24.3 Å². The second kappa shape index (κ2) is 7.46. The third-order valence-corrected chi connectivity index (χ3v) is 4.40. The van der Waals surface area contributed by atoms with Crippen molar-refractivity contribution in [1.29, 1.82) is 0 Å². The van der Waals surface area contributed by atoms with E-state index in [1.54, 1.807) is 0 Å². The van der Waals surface area contributed by atoms with Crippen LogP contribution in [-0.2, 0) is 6.54 Å². The predicted molar refractivity (Wildman–Crippen MR) is 89.7 cm³/mol. The van der Waals surface area contributed by atoms with Gasteiger partial charge < -0.3 is 10.2 Å². The van der Waals surface area contributed by atoms with E-state index in [4.69, 9.17) is 0 Å². The van der Waals surface area contributed by atoms with Crippen molar-refractivity contribution in [2.75, 3.05) is 18.0 Å². The van der Waals surface area contributed by atoms with Crippen LogP contribution in [0.3, 0.4) is 0 Å². The van der Waals surface area contributed by atoms with Crippen LogP contribution in [0.2, 0.25) is 0 Å². The highest BCUT2D eigenvalue weighted by molar-refractivity contribution is 7.09. The summed E-state index contributed by atoms with van der Waals surface area (Å²) in [4.78, 5) is 3.85. The number of nitrogens with one attached hydrogen (secondary N) is 1. The lowest BCUT2D eigenvalue weighted by Crippen LogP contribution is -2.40. The van der Waals surface area contributed by atoms with Crippen LogP contribution in [0, 0.1) is 6.92 Å². The Morgan fingerprint density at radius 3 is 2.75 bits per heavy atom. The fraction of sp³-hybridized carbons (Fsp3) is 0.412. The summed E-state index contributed by atoms with van der Waals surface area (Å²) in [5, 5.41) is 5.69. The van der Waals surface area contributed by atoms with E-state index >= 15 is 0 Å². The van der Waals surface area contributed by atoms with Gasteiger partial charge in [0.05, 0.1) is 0 Å². The lowest BCUT2D eigenvalue weighted by molar-refractivity contribution is 0.570. The molecule has 1 aromatic heterocycles. The highest BCUT2D eigenvalue weighted by atomic mass is 32.1. The van der Waals surface area contributed by atoms with Gasteiger partial charge in [0.15, 0.2) is 0 Å². The molecule has 0 amide bonds. The van der Waals surface area contributed by atoms with Crippen molar-refractivity contribution < 1.29 is 0 Å². The molecule has 0 radical (unpaired) electrons. The average Bonchev–Trinajstić information content (AvgIpc) is 2.93. The van der Waals surface area contributed by atoms with Gasteiger partial charge in [0.1, 0.15) is 0 Å². The van der Waals surface area contributed by atoms with Crippen LogP contribution < -0.4 is 10.2 Å². The first kappa shape index (κ1) is 15.1. The van der Waals surface area contributed by atoms with Crippen molar-refractivity contribution in [3.05, 3.63) is 52.2 Å². The van der Waals surface area contributed by atoms with Crippen molar-refractivity contribution in [2.24, 2.45) is 0 Å². The zero-order chi connectivity index (χ0) is 14.4. The predicted octanol–water partition coefficient (Wildman–Crippen LogP) is 4.06. The zero-order valence-electron chi connectivity index (χ0n) is 12.6. The van der Waals surface area contributed by atoms with E-state index in [0.717, 1.165) is 19.6 Å². The monoisotopic (exact) mass is 288 g/mol. The molecule has 0 spiro atoms. The van der Waals surface area contributed by atoms with Crippen molar-refractivity contribution >= 4 is 17.0 Å². The fourth-order valence-corrected chi connectivity index (χ4v) is 3.16. The van der Waals surface area contributed by atoms with Gasteiger partial charge in [-0.1, -0.05) is 18.2 Å². The zero-order valence-corrected chi connectivity index (χ0v) is 13.4. The van der Waals surface area contributed by atoms with Gasteiger partial charge in [0, 0.05) is 36.2 Å². The number of nitrogens with zero attached hydrogens (tertiary/aromatic N) is 1. The molecule has 20 heavy (non-hydrogen) atoms. The molecule has 1 unspecified atom stereocenters. The largest absolute Gasteiger partial charge is 0.368 e. The topological polar surface area (TPSA) is 15.3 Å². The summed E-state index contributed by atoms with van der Waals surface area (Å²) in [7, 11) is 0. The normalized spacial score (nSPS) is 12.3. The average molecular weight is 288 g/mol. The summed E-state index contributed by atoms with van der Waals surface area (Å²) >= 11 is 1.81. The molecule has 0 aliphatic rings. The molecule has 0 aliphatic carbocycles. The maximum atomic E-state index is 3.56. The number of anilines is 1. The lowest BCUT2D eigenvalue weighted by Gasteiger charge is -2.30. The Labute approximate surface area is 126 Å². The molecule has 2 nitrogen and oxygen atoms in total. The molecule has 1 N–H and O–H groups in total. The molecule has 2 rings (SSSR count). The molecule has 1 aromatic carbocycles. The molecule has 1 heterocycles. The first-order chi connectivity index (χ1) is 9.70. The highest BCUT2D eigenvalue weighted by Gasteiger charge is 2.12. The third-order valence-electron chi connectivity index (χ3n) is 3.53. The maximum Gasteiger partial charge on any atom is 0.0386 e. The standard InChI is InChI=1S/C17H24N2S/c1-4-19(16-8-5-7-14(2)11-16)15(3)12-18-13-17-9-6-10-20-17/h5-11,15,18H,4,12-13H2,1-3H3. The number of aryl methyl sites for hydroxylation is 1. The van der Waals surface area contributed by atoms with Gasteiger partial charge in [-0.05, 0) is 49.9 Å². The van der Waals surface area contributed by atoms with Gasteiger partial charge >= 0.3 is 0 Å². The Balaban J connectivity index is 1.90. The highest BCUT2D eigenvalue weighted by Crippen LogP contribution is 2.18. The van der Waals surface area contributed by atoms with Gasteiger partial charge in [-0.3, -0.25) is 0 Å². The number of likely N-dealkylation sites (N-methyl/N-ethyl adjacent to an activating group) is 1. The number of thiophene rings is 1. The first-order valence-corrected chi connectivity index (χ1v) is 8.15. The summed E-state index contributed by atoms with van der Waals surface area (Å²) in [6.45, 7) is 9.65. The van der Waals surface area contributed by atoms with E-state index in [1.807, 2.05) is 11.3 Å². The number of rotatable bonds is 7. The van der Waals surface area contributed by atoms with Gasteiger partial charge in [-0.25, -0.2) is 0 Å². The van der Waals surface area contributed by atoms with E-state index in [1.165, 1.54) is 16.1 Å². The molecule has 0 saturated carbocycles. The Kier molecular flexibility index (Phi) is 5.62. The Hall–Kier alpha value is -1.32. The fourth-order valence-electron chi connectivity index (χ4n) is 2.48. The lowest BCUT2D eigenvalue weighted by atomic mass is 10.1. The van der Waals surface area contributed by atoms with Crippen LogP contribution >= 0.6 is 11.3 Å². The van der Waals surface area contributed by atoms with Crippen LogP contribution in [0.4, 0.5) is 5.69 Å². The quantitative estimate of drug-likeness (QED) is 0.826. The number of benzene rings is 1. The summed E-state index contributed by atoms with van der Waals surface area (Å²) in [5.74, 6) is 0. The number of hydrogen-bond donors (Lipinski definition) is 1. The smallest absolute Gasteiger partial charge is 0.0386 e. The second-order valence-corrected chi connectivity index (χ2v) is 6.22. The minimum Gasteiger partial charge on any atom is -0.368 e. The van der Waals surface area contributed by atoms with Crippen molar-refractivity contribution in [1.82, 2.24) is 5.32 Å². The molecular formula is C17H24N2S. The summed E-state index contributed by atoms with van der Waals surface area (Å²) in [6, 6.07) is 13.5. The molecule has 0 saturated heterocycles. The van der Waals surface area contributed by atoms with E-state index in [2.05, 4.69) is 72.8 Å². The molecule has 1 atom stereocenters. The van der Waals surface area contributed by atoms with Crippen molar-refractivity contribution in [3.63, 3.8) is 0 Å². The van der Waals surface area contributed by atoms with Gasteiger partial charge in [0.25, 0.3) is 0 Å². The summed E-state index contributed by atoms with van der Waals surface area (Å²) < 4.78 is 0. The maximum absolute atomic E-state index is 3.56. The van der Waals surface area contributed by atoms with Crippen LogP contribution in [0.25, 0.3) is 0 Å². The Bertz CT molecular complexity index is 507. The second-order valence-electron chi connectivity index (χ2n) is 5.18. The molecule has 108 valence electrons. The number of hydrogen-bond acceptors (Lipinski definition) is 3. The van der Waals surface area contributed by atoms with Crippen LogP contribution in [0.5, 0.6) is 0 Å². The molecule has 0 bridgehead atoms. The van der Waals surface area contributed by atoms with E-state index < -0.39 is 0 Å². The first-order valence-electron chi connectivity index (χ1n) is 7.27.